The number of hydrogen-bond donors (Lipinski definition) is 2. The van der Waals surface area contributed by atoms with Gasteiger partial charge in [-0.05, 0) is 20.3 Å². The van der Waals surface area contributed by atoms with Gasteiger partial charge < -0.3 is 19.9 Å². The summed E-state index contributed by atoms with van der Waals surface area (Å²) in [6, 6.07) is 0.384. The van der Waals surface area contributed by atoms with Gasteiger partial charge in [0, 0.05) is 18.0 Å². The standard InChI is InChI=1S/C12H23NO3/c1-11(2)9(5-10(11)14)13-6-8-7-15-12(3,4)16-8/h8-10,13-14H,5-7H2,1-4H3. The molecule has 1 heterocycles. The van der Waals surface area contributed by atoms with Crippen molar-refractivity contribution in [1.82, 2.24) is 5.32 Å². The van der Waals surface area contributed by atoms with Crippen LogP contribution in [0.1, 0.15) is 34.1 Å². The highest BCUT2D eigenvalue weighted by Crippen LogP contribution is 2.40. The van der Waals surface area contributed by atoms with Crippen molar-refractivity contribution in [2.75, 3.05) is 13.2 Å². The van der Waals surface area contributed by atoms with E-state index in [-0.39, 0.29) is 17.6 Å². The second-order valence-corrected chi connectivity index (χ2v) is 5.98. The van der Waals surface area contributed by atoms with Crippen LogP contribution in [0.5, 0.6) is 0 Å². The number of aliphatic hydroxyl groups excluding tert-OH is 1. The normalized spacial score (nSPS) is 40.7. The lowest BCUT2D eigenvalue weighted by molar-refractivity contribution is -0.139. The molecule has 2 fully saturated rings. The Kier molecular flexibility index (Phi) is 3.03. The Labute approximate surface area is 97.3 Å². The van der Waals surface area contributed by atoms with Crippen LogP contribution in [-0.2, 0) is 9.47 Å². The Morgan fingerprint density at radius 1 is 1.31 bits per heavy atom. The summed E-state index contributed by atoms with van der Waals surface area (Å²) >= 11 is 0. The average molecular weight is 229 g/mol. The molecule has 16 heavy (non-hydrogen) atoms. The fourth-order valence-corrected chi connectivity index (χ4v) is 2.39. The summed E-state index contributed by atoms with van der Waals surface area (Å²) in [4.78, 5) is 0. The quantitative estimate of drug-likeness (QED) is 0.754. The van der Waals surface area contributed by atoms with E-state index in [1.165, 1.54) is 0 Å². The van der Waals surface area contributed by atoms with Crippen molar-refractivity contribution in [3.05, 3.63) is 0 Å². The van der Waals surface area contributed by atoms with Crippen LogP contribution < -0.4 is 5.32 Å². The van der Waals surface area contributed by atoms with Crippen LogP contribution in [0, 0.1) is 5.41 Å². The van der Waals surface area contributed by atoms with Crippen LogP contribution in [0.2, 0.25) is 0 Å². The Morgan fingerprint density at radius 2 is 2.00 bits per heavy atom. The minimum absolute atomic E-state index is 0.0189. The van der Waals surface area contributed by atoms with E-state index >= 15 is 0 Å². The van der Waals surface area contributed by atoms with E-state index in [1.807, 2.05) is 13.8 Å². The van der Waals surface area contributed by atoms with Gasteiger partial charge >= 0.3 is 0 Å². The SMILES string of the molecule is CC1(C)OCC(CNC2CC(O)C2(C)C)O1. The van der Waals surface area contributed by atoms with Crippen molar-refractivity contribution in [3.8, 4) is 0 Å². The van der Waals surface area contributed by atoms with Crippen molar-refractivity contribution in [1.29, 1.82) is 0 Å². The molecule has 0 radical (unpaired) electrons. The van der Waals surface area contributed by atoms with Crippen molar-refractivity contribution in [3.63, 3.8) is 0 Å². The maximum Gasteiger partial charge on any atom is 0.163 e. The highest BCUT2D eigenvalue weighted by molar-refractivity contribution is 5.01. The summed E-state index contributed by atoms with van der Waals surface area (Å²) in [5, 5.41) is 13.1. The summed E-state index contributed by atoms with van der Waals surface area (Å²) in [7, 11) is 0. The van der Waals surface area contributed by atoms with Gasteiger partial charge in [0.15, 0.2) is 5.79 Å². The van der Waals surface area contributed by atoms with Crippen LogP contribution in [-0.4, -0.2) is 42.3 Å². The molecule has 0 aromatic heterocycles. The molecule has 1 saturated heterocycles. The van der Waals surface area contributed by atoms with E-state index in [0.717, 1.165) is 13.0 Å². The molecule has 4 nitrogen and oxygen atoms in total. The molecule has 0 spiro atoms. The van der Waals surface area contributed by atoms with Crippen LogP contribution in [0.4, 0.5) is 0 Å². The Hall–Kier alpha value is -0.160. The first-order valence-electron chi connectivity index (χ1n) is 6.04. The van der Waals surface area contributed by atoms with Crippen molar-refractivity contribution in [2.24, 2.45) is 5.41 Å². The molecule has 1 aliphatic heterocycles. The molecule has 1 saturated carbocycles. The third kappa shape index (κ3) is 2.25. The Morgan fingerprint density at radius 3 is 2.44 bits per heavy atom. The van der Waals surface area contributed by atoms with Gasteiger partial charge in [0.05, 0.1) is 18.8 Å². The lowest BCUT2D eigenvalue weighted by Gasteiger charge is -2.50. The maximum atomic E-state index is 9.63. The lowest BCUT2D eigenvalue weighted by atomic mass is 9.64. The molecule has 0 amide bonds. The minimum atomic E-state index is -0.443. The molecule has 4 heteroatoms. The second kappa shape index (κ2) is 3.95. The van der Waals surface area contributed by atoms with Gasteiger partial charge in [-0.3, -0.25) is 0 Å². The van der Waals surface area contributed by atoms with E-state index in [0.29, 0.717) is 12.6 Å². The highest BCUT2D eigenvalue weighted by atomic mass is 16.7. The van der Waals surface area contributed by atoms with Gasteiger partial charge in [0.1, 0.15) is 0 Å². The first-order valence-corrected chi connectivity index (χ1v) is 6.04. The van der Waals surface area contributed by atoms with Gasteiger partial charge in [0.25, 0.3) is 0 Å². The number of nitrogens with one attached hydrogen (secondary N) is 1. The molecule has 0 bridgehead atoms. The summed E-state index contributed by atoms with van der Waals surface area (Å²) < 4.78 is 11.2. The summed E-state index contributed by atoms with van der Waals surface area (Å²) in [5.74, 6) is -0.443. The Balaban J connectivity index is 1.74. The number of rotatable bonds is 3. The largest absolute Gasteiger partial charge is 0.392 e. The zero-order valence-corrected chi connectivity index (χ0v) is 10.6. The third-order valence-corrected chi connectivity index (χ3v) is 3.88. The van der Waals surface area contributed by atoms with E-state index in [4.69, 9.17) is 9.47 Å². The number of hydrogen-bond acceptors (Lipinski definition) is 4. The molecule has 2 rings (SSSR count). The minimum Gasteiger partial charge on any atom is -0.392 e. The van der Waals surface area contributed by atoms with Crippen LogP contribution in [0.25, 0.3) is 0 Å². The van der Waals surface area contributed by atoms with E-state index in [1.54, 1.807) is 0 Å². The predicted octanol–water partition coefficient (Wildman–Crippen LogP) is 0.887. The van der Waals surface area contributed by atoms with Crippen molar-refractivity contribution < 1.29 is 14.6 Å². The summed E-state index contributed by atoms with van der Waals surface area (Å²) in [5.41, 5.74) is -0.0189. The number of ether oxygens (including phenoxy) is 2. The van der Waals surface area contributed by atoms with Crippen LogP contribution >= 0.6 is 0 Å². The Bertz CT molecular complexity index is 265. The van der Waals surface area contributed by atoms with Crippen LogP contribution in [0.15, 0.2) is 0 Å². The van der Waals surface area contributed by atoms with Gasteiger partial charge in [-0.1, -0.05) is 13.8 Å². The summed E-state index contributed by atoms with van der Waals surface area (Å²) in [6.45, 7) is 9.50. The molecular weight excluding hydrogens is 206 g/mol. The molecule has 94 valence electrons. The molecule has 2 aliphatic rings. The van der Waals surface area contributed by atoms with E-state index in [2.05, 4.69) is 19.2 Å². The molecule has 0 aromatic carbocycles. The molecular formula is C12H23NO3. The molecule has 1 aliphatic carbocycles. The predicted molar refractivity (Wildman–Crippen MR) is 61.1 cm³/mol. The molecule has 2 N–H and O–H groups in total. The number of aliphatic hydroxyl groups is 1. The fraction of sp³-hybridized carbons (Fsp3) is 1.00. The fourth-order valence-electron chi connectivity index (χ4n) is 2.39. The van der Waals surface area contributed by atoms with Gasteiger partial charge in [0.2, 0.25) is 0 Å². The lowest BCUT2D eigenvalue weighted by Crippen LogP contribution is -2.61. The van der Waals surface area contributed by atoms with Crippen molar-refractivity contribution in [2.45, 2.75) is 58.2 Å². The second-order valence-electron chi connectivity index (χ2n) is 5.98. The first-order chi connectivity index (χ1) is 7.31. The van der Waals surface area contributed by atoms with Crippen molar-refractivity contribution >= 4 is 0 Å². The first kappa shape index (κ1) is 12.3. The maximum absolute atomic E-state index is 9.63. The van der Waals surface area contributed by atoms with Gasteiger partial charge in [-0.2, -0.15) is 0 Å². The van der Waals surface area contributed by atoms with E-state index < -0.39 is 5.79 Å². The molecule has 3 atom stereocenters. The zero-order chi connectivity index (χ0) is 12.0. The van der Waals surface area contributed by atoms with Crippen LogP contribution in [0.3, 0.4) is 0 Å². The third-order valence-electron chi connectivity index (χ3n) is 3.88. The smallest absolute Gasteiger partial charge is 0.163 e. The topological polar surface area (TPSA) is 50.7 Å². The highest BCUT2D eigenvalue weighted by Gasteiger charge is 2.47. The van der Waals surface area contributed by atoms with Gasteiger partial charge in [-0.15, -0.1) is 0 Å². The molecule has 3 unspecified atom stereocenters. The van der Waals surface area contributed by atoms with Gasteiger partial charge in [-0.25, -0.2) is 0 Å². The zero-order valence-electron chi connectivity index (χ0n) is 10.6. The summed E-state index contributed by atoms with van der Waals surface area (Å²) in [6.07, 6.45) is 0.787. The molecule has 0 aromatic rings. The average Bonchev–Trinajstić information content (AvgIpc) is 2.52. The van der Waals surface area contributed by atoms with E-state index in [9.17, 15) is 5.11 Å². The monoisotopic (exact) mass is 229 g/mol.